The summed E-state index contributed by atoms with van der Waals surface area (Å²) in [6.45, 7) is 4.46. The van der Waals surface area contributed by atoms with Gasteiger partial charge in [0, 0.05) is 5.92 Å². The first-order valence-corrected chi connectivity index (χ1v) is 11.1. The van der Waals surface area contributed by atoms with Gasteiger partial charge in [-0.2, -0.15) is 0 Å². The molecular formula is C23H25FN4OS. The minimum atomic E-state index is -0.335. The summed E-state index contributed by atoms with van der Waals surface area (Å²) in [5, 5.41) is 12.3. The Kier molecular flexibility index (Phi) is 6.18. The third kappa shape index (κ3) is 4.90. The Morgan fingerprint density at radius 3 is 2.50 bits per heavy atom. The van der Waals surface area contributed by atoms with Crippen molar-refractivity contribution in [3.8, 4) is 0 Å². The topological polar surface area (TPSA) is 59.8 Å². The quantitative estimate of drug-likeness (QED) is 0.533. The van der Waals surface area contributed by atoms with Gasteiger partial charge in [-0.15, -0.1) is 10.2 Å². The van der Waals surface area contributed by atoms with Crippen LogP contribution in [0, 0.1) is 5.82 Å². The van der Waals surface area contributed by atoms with E-state index in [9.17, 15) is 9.18 Å². The van der Waals surface area contributed by atoms with Crippen molar-refractivity contribution in [2.75, 3.05) is 0 Å². The summed E-state index contributed by atoms with van der Waals surface area (Å²) in [6, 6.07) is 16.2. The summed E-state index contributed by atoms with van der Waals surface area (Å²) in [5.41, 5.74) is 2.05. The van der Waals surface area contributed by atoms with Crippen LogP contribution in [0.2, 0.25) is 0 Å². The lowest BCUT2D eigenvalue weighted by atomic mass is 10.1. The highest BCUT2D eigenvalue weighted by molar-refractivity contribution is 8.00. The maximum atomic E-state index is 13.1. The van der Waals surface area contributed by atoms with Crippen LogP contribution in [0.15, 0.2) is 59.8 Å². The maximum Gasteiger partial charge on any atom is 0.233 e. The fourth-order valence-electron chi connectivity index (χ4n) is 3.32. The zero-order valence-electron chi connectivity index (χ0n) is 17.1. The number of hydrogen-bond donors (Lipinski definition) is 1. The van der Waals surface area contributed by atoms with Crippen molar-refractivity contribution in [1.82, 2.24) is 20.1 Å². The molecule has 2 atom stereocenters. The van der Waals surface area contributed by atoms with Gasteiger partial charge in [0.1, 0.15) is 11.6 Å². The smallest absolute Gasteiger partial charge is 0.233 e. The Bertz CT molecular complexity index is 1000. The number of amides is 1. The van der Waals surface area contributed by atoms with Crippen molar-refractivity contribution in [1.29, 1.82) is 0 Å². The molecule has 0 aliphatic heterocycles. The number of thioether (sulfide) groups is 1. The van der Waals surface area contributed by atoms with E-state index in [4.69, 9.17) is 0 Å². The molecule has 156 valence electrons. The summed E-state index contributed by atoms with van der Waals surface area (Å²) in [4.78, 5) is 12.8. The van der Waals surface area contributed by atoms with E-state index in [0.29, 0.717) is 12.5 Å². The summed E-state index contributed by atoms with van der Waals surface area (Å²) >= 11 is 1.42. The zero-order chi connectivity index (χ0) is 21.1. The molecule has 0 radical (unpaired) electrons. The molecule has 1 aliphatic rings. The normalized spacial score (nSPS) is 15.6. The second-order valence-electron chi connectivity index (χ2n) is 7.73. The zero-order valence-corrected chi connectivity index (χ0v) is 17.9. The number of rotatable bonds is 8. The number of halogens is 1. The minimum absolute atomic E-state index is 0.0842. The Balaban J connectivity index is 1.45. The number of aromatic nitrogens is 3. The van der Waals surface area contributed by atoms with Crippen molar-refractivity contribution >= 4 is 17.7 Å². The summed E-state index contributed by atoms with van der Waals surface area (Å²) in [7, 11) is 0. The lowest BCUT2D eigenvalue weighted by Gasteiger charge is -2.18. The number of benzene rings is 2. The van der Waals surface area contributed by atoms with Gasteiger partial charge in [0.15, 0.2) is 5.16 Å². The van der Waals surface area contributed by atoms with Crippen molar-refractivity contribution in [3.63, 3.8) is 0 Å². The number of hydrogen-bond acceptors (Lipinski definition) is 4. The van der Waals surface area contributed by atoms with Crippen molar-refractivity contribution < 1.29 is 9.18 Å². The summed E-state index contributed by atoms with van der Waals surface area (Å²) < 4.78 is 15.3. The van der Waals surface area contributed by atoms with Gasteiger partial charge in [0.2, 0.25) is 5.91 Å². The molecule has 5 nitrogen and oxygen atoms in total. The molecule has 0 unspecified atom stereocenters. The predicted octanol–water partition coefficient (Wildman–Crippen LogP) is 4.70. The lowest BCUT2D eigenvalue weighted by Crippen LogP contribution is -2.33. The lowest BCUT2D eigenvalue weighted by molar-refractivity contribution is -0.120. The molecule has 0 bridgehead atoms. The molecule has 1 N–H and O–H groups in total. The van der Waals surface area contributed by atoms with Crippen LogP contribution in [0.4, 0.5) is 4.39 Å². The summed E-state index contributed by atoms with van der Waals surface area (Å²) in [5.74, 6) is 1.11. The standard InChI is InChI=1S/C23H25FN4OS/c1-15(18-10-12-20(24)13-11-18)25-22(29)16(2)30-23-27-26-21(19-8-9-19)28(23)14-17-6-4-3-5-7-17/h3-7,10-13,15-16,19H,8-9,14H2,1-2H3,(H,25,29)/t15-,16-/m0/s1. The Hall–Kier alpha value is -2.67. The molecule has 1 saturated carbocycles. The molecule has 1 amide bonds. The molecule has 1 fully saturated rings. The van der Waals surface area contributed by atoms with Crippen LogP contribution in [0.1, 0.15) is 55.6 Å². The van der Waals surface area contributed by atoms with E-state index in [1.54, 1.807) is 12.1 Å². The molecule has 1 heterocycles. The average Bonchev–Trinajstić information content (AvgIpc) is 3.52. The first-order valence-electron chi connectivity index (χ1n) is 10.2. The minimum Gasteiger partial charge on any atom is -0.349 e. The van der Waals surface area contributed by atoms with E-state index >= 15 is 0 Å². The molecule has 1 aliphatic carbocycles. The highest BCUT2D eigenvalue weighted by atomic mass is 32.2. The second kappa shape index (κ2) is 9.00. The van der Waals surface area contributed by atoms with Gasteiger partial charge < -0.3 is 9.88 Å². The van der Waals surface area contributed by atoms with Gasteiger partial charge in [-0.05, 0) is 49.9 Å². The van der Waals surface area contributed by atoms with Crippen molar-refractivity contribution in [3.05, 3.63) is 77.4 Å². The molecule has 0 spiro atoms. The first-order chi connectivity index (χ1) is 14.5. The predicted molar refractivity (Wildman–Crippen MR) is 116 cm³/mol. The van der Waals surface area contributed by atoms with Crippen LogP contribution >= 0.6 is 11.8 Å². The van der Waals surface area contributed by atoms with Gasteiger partial charge in [0.25, 0.3) is 0 Å². The molecule has 0 saturated heterocycles. The Labute approximate surface area is 180 Å². The van der Waals surface area contributed by atoms with E-state index in [0.717, 1.165) is 29.4 Å². The fourth-order valence-corrected chi connectivity index (χ4v) is 4.19. The molecule has 3 aromatic rings. The molecule has 1 aromatic heterocycles. The fraction of sp³-hybridized carbons (Fsp3) is 0.348. The SMILES string of the molecule is C[C@H](Sc1nnc(C2CC2)n1Cc1ccccc1)C(=O)N[C@@H](C)c1ccc(F)cc1. The van der Waals surface area contributed by atoms with E-state index in [-0.39, 0.29) is 23.0 Å². The average molecular weight is 425 g/mol. The Morgan fingerprint density at radius 1 is 1.13 bits per heavy atom. The Morgan fingerprint density at radius 2 is 1.83 bits per heavy atom. The number of nitrogens with one attached hydrogen (secondary N) is 1. The maximum absolute atomic E-state index is 13.1. The van der Waals surface area contributed by atoms with Crippen LogP contribution in [-0.4, -0.2) is 25.9 Å². The number of carbonyl (C=O) groups excluding carboxylic acids is 1. The van der Waals surface area contributed by atoms with Gasteiger partial charge >= 0.3 is 0 Å². The van der Waals surface area contributed by atoms with Crippen molar-refractivity contribution in [2.24, 2.45) is 0 Å². The van der Waals surface area contributed by atoms with Crippen LogP contribution in [0.25, 0.3) is 0 Å². The van der Waals surface area contributed by atoms with Gasteiger partial charge in [-0.3, -0.25) is 4.79 Å². The summed E-state index contributed by atoms with van der Waals surface area (Å²) in [6.07, 6.45) is 2.28. The van der Waals surface area contributed by atoms with Gasteiger partial charge in [-0.1, -0.05) is 54.2 Å². The van der Waals surface area contributed by atoms with Crippen LogP contribution in [-0.2, 0) is 11.3 Å². The largest absolute Gasteiger partial charge is 0.349 e. The van der Waals surface area contributed by atoms with Gasteiger partial charge in [-0.25, -0.2) is 4.39 Å². The molecule has 2 aromatic carbocycles. The molecule has 7 heteroatoms. The first kappa shape index (κ1) is 20.6. The second-order valence-corrected chi connectivity index (χ2v) is 9.04. The van der Waals surface area contributed by atoms with Crippen LogP contribution < -0.4 is 5.32 Å². The molecule has 30 heavy (non-hydrogen) atoms. The van der Waals surface area contributed by atoms with Crippen LogP contribution in [0.5, 0.6) is 0 Å². The monoisotopic (exact) mass is 424 g/mol. The molecular weight excluding hydrogens is 399 g/mol. The number of nitrogens with zero attached hydrogens (tertiary/aromatic N) is 3. The van der Waals surface area contributed by atoms with E-state index in [2.05, 4.69) is 32.2 Å². The number of carbonyl (C=O) groups is 1. The third-order valence-corrected chi connectivity index (χ3v) is 6.33. The van der Waals surface area contributed by atoms with E-state index in [1.165, 1.54) is 29.5 Å². The highest BCUT2D eigenvalue weighted by Gasteiger charge is 2.31. The van der Waals surface area contributed by atoms with E-state index in [1.807, 2.05) is 32.0 Å². The van der Waals surface area contributed by atoms with E-state index < -0.39 is 0 Å². The van der Waals surface area contributed by atoms with Crippen LogP contribution in [0.3, 0.4) is 0 Å². The van der Waals surface area contributed by atoms with Gasteiger partial charge in [0.05, 0.1) is 17.8 Å². The highest BCUT2D eigenvalue weighted by Crippen LogP contribution is 2.40. The van der Waals surface area contributed by atoms with Crippen molar-refractivity contribution in [2.45, 2.75) is 55.6 Å². The third-order valence-electron chi connectivity index (χ3n) is 5.25. The molecule has 4 rings (SSSR count).